The molecule has 0 bridgehead atoms. The molecule has 0 aliphatic heterocycles. The van der Waals surface area contributed by atoms with Crippen molar-refractivity contribution in [1.82, 2.24) is 5.32 Å². The predicted octanol–water partition coefficient (Wildman–Crippen LogP) is 3.49. The van der Waals surface area contributed by atoms with Gasteiger partial charge in [-0.3, -0.25) is 0 Å². The van der Waals surface area contributed by atoms with Crippen molar-refractivity contribution in [3.8, 4) is 0 Å². The first-order valence-corrected chi connectivity index (χ1v) is 6.63. The number of nitrogens with one attached hydrogen (secondary N) is 1. The largest absolute Gasteiger partial charge is 0.316 e. The van der Waals surface area contributed by atoms with Crippen molar-refractivity contribution in [3.05, 3.63) is 35.6 Å². The molecule has 0 heterocycles. The van der Waals surface area contributed by atoms with Gasteiger partial charge in [0.15, 0.2) is 0 Å². The molecule has 1 aromatic carbocycles. The van der Waals surface area contributed by atoms with Gasteiger partial charge in [0.2, 0.25) is 0 Å². The fourth-order valence-electron chi connectivity index (χ4n) is 3.06. The van der Waals surface area contributed by atoms with Gasteiger partial charge in [0.05, 0.1) is 0 Å². The van der Waals surface area contributed by atoms with E-state index in [1.54, 1.807) is 12.1 Å². The standard InChI is InChI=1S/C15H22FN/c1-3-8-17-11-15(9-12(2)10-15)13-4-6-14(16)7-5-13/h4-7,12,17H,3,8-11H2,1-2H3. The molecule has 2 rings (SSSR count). The van der Waals surface area contributed by atoms with E-state index >= 15 is 0 Å². The van der Waals surface area contributed by atoms with Crippen LogP contribution < -0.4 is 5.32 Å². The van der Waals surface area contributed by atoms with Crippen molar-refractivity contribution in [2.24, 2.45) is 5.92 Å². The van der Waals surface area contributed by atoms with Crippen LogP contribution in [0.15, 0.2) is 24.3 Å². The molecule has 0 atom stereocenters. The summed E-state index contributed by atoms with van der Waals surface area (Å²) in [6.45, 7) is 6.57. The fourth-order valence-corrected chi connectivity index (χ4v) is 3.06. The normalized spacial score (nSPS) is 27.8. The summed E-state index contributed by atoms with van der Waals surface area (Å²) < 4.78 is 13.0. The highest BCUT2D eigenvalue weighted by Gasteiger charge is 2.42. The Morgan fingerprint density at radius 1 is 1.29 bits per heavy atom. The fraction of sp³-hybridized carbons (Fsp3) is 0.600. The highest BCUT2D eigenvalue weighted by molar-refractivity contribution is 5.29. The third-order valence-electron chi connectivity index (χ3n) is 3.83. The summed E-state index contributed by atoms with van der Waals surface area (Å²) in [6, 6.07) is 7.07. The summed E-state index contributed by atoms with van der Waals surface area (Å²) in [6.07, 6.45) is 3.60. The second-order valence-electron chi connectivity index (χ2n) is 5.48. The van der Waals surface area contributed by atoms with Crippen molar-refractivity contribution in [2.45, 2.75) is 38.5 Å². The Labute approximate surface area is 103 Å². The first-order valence-electron chi connectivity index (χ1n) is 6.63. The van der Waals surface area contributed by atoms with Crippen LogP contribution in [0.3, 0.4) is 0 Å². The van der Waals surface area contributed by atoms with Gasteiger partial charge in [-0.05, 0) is 49.4 Å². The Balaban J connectivity index is 2.08. The van der Waals surface area contributed by atoms with Crippen LogP contribution in [-0.2, 0) is 5.41 Å². The molecule has 1 nitrogen and oxygen atoms in total. The number of hydrogen-bond donors (Lipinski definition) is 1. The molecule has 1 fully saturated rings. The molecule has 1 aromatic rings. The third-order valence-corrected chi connectivity index (χ3v) is 3.83. The molecule has 2 heteroatoms. The van der Waals surface area contributed by atoms with Crippen molar-refractivity contribution in [3.63, 3.8) is 0 Å². The van der Waals surface area contributed by atoms with Gasteiger partial charge in [0, 0.05) is 12.0 Å². The molecule has 0 radical (unpaired) electrons. The van der Waals surface area contributed by atoms with Crippen LogP contribution in [-0.4, -0.2) is 13.1 Å². The van der Waals surface area contributed by atoms with Crippen LogP contribution in [0.4, 0.5) is 4.39 Å². The Morgan fingerprint density at radius 2 is 1.94 bits per heavy atom. The van der Waals surface area contributed by atoms with E-state index in [4.69, 9.17) is 0 Å². The van der Waals surface area contributed by atoms with E-state index in [0.29, 0.717) is 0 Å². The van der Waals surface area contributed by atoms with E-state index in [1.165, 1.54) is 18.4 Å². The van der Waals surface area contributed by atoms with Gasteiger partial charge in [0.25, 0.3) is 0 Å². The highest BCUT2D eigenvalue weighted by atomic mass is 19.1. The minimum atomic E-state index is -0.141. The third kappa shape index (κ3) is 2.68. The zero-order valence-corrected chi connectivity index (χ0v) is 10.8. The number of benzene rings is 1. The maximum atomic E-state index is 13.0. The van der Waals surface area contributed by atoms with Crippen LogP contribution in [0.25, 0.3) is 0 Å². The Morgan fingerprint density at radius 3 is 2.47 bits per heavy atom. The maximum Gasteiger partial charge on any atom is 0.123 e. The zero-order chi connectivity index (χ0) is 12.3. The molecule has 0 spiro atoms. The summed E-state index contributed by atoms with van der Waals surface area (Å²) in [5, 5.41) is 3.52. The lowest BCUT2D eigenvalue weighted by Gasteiger charge is -2.47. The van der Waals surface area contributed by atoms with Crippen LogP contribution in [0.5, 0.6) is 0 Å². The molecule has 0 saturated heterocycles. The first-order chi connectivity index (χ1) is 8.16. The van der Waals surface area contributed by atoms with Crippen LogP contribution >= 0.6 is 0 Å². The van der Waals surface area contributed by atoms with Crippen molar-refractivity contribution < 1.29 is 4.39 Å². The monoisotopic (exact) mass is 235 g/mol. The van der Waals surface area contributed by atoms with Crippen LogP contribution in [0.2, 0.25) is 0 Å². The van der Waals surface area contributed by atoms with Gasteiger partial charge >= 0.3 is 0 Å². The van der Waals surface area contributed by atoms with E-state index in [-0.39, 0.29) is 11.2 Å². The van der Waals surface area contributed by atoms with Gasteiger partial charge in [0.1, 0.15) is 5.82 Å². The summed E-state index contributed by atoms with van der Waals surface area (Å²) in [4.78, 5) is 0. The molecule has 0 unspecified atom stereocenters. The second kappa shape index (κ2) is 5.18. The van der Waals surface area contributed by atoms with Crippen molar-refractivity contribution in [2.75, 3.05) is 13.1 Å². The SMILES string of the molecule is CCCNCC1(c2ccc(F)cc2)CC(C)C1. The molecular weight excluding hydrogens is 213 g/mol. The predicted molar refractivity (Wildman–Crippen MR) is 69.6 cm³/mol. The summed E-state index contributed by atoms with van der Waals surface area (Å²) in [5.41, 5.74) is 1.54. The lowest BCUT2D eigenvalue weighted by Crippen LogP contribution is -2.48. The molecular formula is C15H22FN. The molecule has 0 amide bonds. The lowest BCUT2D eigenvalue weighted by molar-refractivity contribution is 0.153. The Hall–Kier alpha value is -0.890. The highest BCUT2D eigenvalue weighted by Crippen LogP contribution is 2.47. The average molecular weight is 235 g/mol. The number of halogens is 1. The molecule has 17 heavy (non-hydrogen) atoms. The smallest absolute Gasteiger partial charge is 0.123 e. The van der Waals surface area contributed by atoms with Gasteiger partial charge in [-0.1, -0.05) is 26.0 Å². The molecule has 94 valence electrons. The van der Waals surface area contributed by atoms with Gasteiger partial charge in [-0.15, -0.1) is 0 Å². The quantitative estimate of drug-likeness (QED) is 0.770. The summed E-state index contributed by atoms with van der Waals surface area (Å²) in [5.74, 6) is 0.654. The van der Waals surface area contributed by atoms with Gasteiger partial charge in [-0.25, -0.2) is 4.39 Å². The minimum absolute atomic E-state index is 0.141. The molecule has 1 aliphatic rings. The molecule has 0 aromatic heterocycles. The molecule has 1 saturated carbocycles. The second-order valence-corrected chi connectivity index (χ2v) is 5.48. The topological polar surface area (TPSA) is 12.0 Å². The maximum absolute atomic E-state index is 13.0. The van der Waals surface area contributed by atoms with Gasteiger partial charge < -0.3 is 5.32 Å². The average Bonchev–Trinajstić information content (AvgIpc) is 2.27. The number of rotatable bonds is 5. The van der Waals surface area contributed by atoms with Crippen LogP contribution in [0, 0.1) is 11.7 Å². The Bertz CT molecular complexity index is 352. The lowest BCUT2D eigenvalue weighted by atomic mass is 9.59. The van der Waals surface area contributed by atoms with E-state index < -0.39 is 0 Å². The zero-order valence-electron chi connectivity index (χ0n) is 10.8. The summed E-state index contributed by atoms with van der Waals surface area (Å²) in [7, 11) is 0. The van der Waals surface area contributed by atoms with E-state index in [2.05, 4.69) is 19.2 Å². The Kier molecular flexibility index (Phi) is 3.82. The minimum Gasteiger partial charge on any atom is -0.316 e. The van der Waals surface area contributed by atoms with Crippen LogP contribution in [0.1, 0.15) is 38.7 Å². The van der Waals surface area contributed by atoms with Crippen molar-refractivity contribution in [1.29, 1.82) is 0 Å². The first kappa shape index (κ1) is 12.6. The van der Waals surface area contributed by atoms with Gasteiger partial charge in [-0.2, -0.15) is 0 Å². The van der Waals surface area contributed by atoms with Crippen molar-refractivity contribution >= 4 is 0 Å². The van der Waals surface area contributed by atoms with E-state index in [9.17, 15) is 4.39 Å². The van der Waals surface area contributed by atoms with E-state index in [1.807, 2.05) is 12.1 Å². The molecule has 1 N–H and O–H groups in total. The number of hydrogen-bond acceptors (Lipinski definition) is 1. The van der Waals surface area contributed by atoms with E-state index in [0.717, 1.165) is 25.4 Å². The summed E-state index contributed by atoms with van der Waals surface area (Å²) >= 11 is 0. The molecule has 1 aliphatic carbocycles.